The highest BCUT2D eigenvalue weighted by Gasteiger charge is 2.16. The van der Waals surface area contributed by atoms with Crippen molar-refractivity contribution in [1.29, 1.82) is 0 Å². The quantitative estimate of drug-likeness (QED) is 0.426. The predicted octanol–water partition coefficient (Wildman–Crippen LogP) is 2.01. The van der Waals surface area contributed by atoms with Gasteiger partial charge in [-0.05, 0) is 45.4 Å². The Morgan fingerprint density at radius 1 is 1.29 bits per heavy atom. The molecule has 0 amide bonds. The molecule has 1 unspecified atom stereocenters. The number of nitrogens with zero attached hydrogens (tertiary/aromatic N) is 1. The maximum atomic E-state index is 9.17. The molecule has 0 saturated carbocycles. The highest BCUT2D eigenvalue weighted by Crippen LogP contribution is 2.14. The first kappa shape index (κ1) is 20.2. The number of aliphatic hydroxyl groups excluding tert-OH is 1. The SMILES string of the molecule is CCNC(=NCC(C)(C)OC)NCC(CCO)CC(C)C. The fraction of sp³-hybridized carbons (Fsp3) is 0.938. The average Bonchev–Trinajstić information content (AvgIpc) is 2.41. The van der Waals surface area contributed by atoms with E-state index in [-0.39, 0.29) is 12.2 Å². The Bertz CT molecular complexity index is 291. The summed E-state index contributed by atoms with van der Waals surface area (Å²) in [7, 11) is 1.70. The standard InChI is InChI=1S/C16H35N3O2/c1-7-17-15(19-12-16(4,5)21-6)18-11-14(8-9-20)10-13(2)3/h13-14,20H,7-12H2,1-6H3,(H2,17,18,19). The molecule has 0 radical (unpaired) electrons. The Balaban J connectivity index is 4.49. The zero-order chi connectivity index (χ0) is 16.3. The molecule has 21 heavy (non-hydrogen) atoms. The van der Waals surface area contributed by atoms with Gasteiger partial charge in [0.1, 0.15) is 0 Å². The van der Waals surface area contributed by atoms with Gasteiger partial charge in [0, 0.05) is 26.8 Å². The third-order valence-corrected chi connectivity index (χ3v) is 3.42. The van der Waals surface area contributed by atoms with Gasteiger partial charge in [-0.1, -0.05) is 13.8 Å². The van der Waals surface area contributed by atoms with E-state index in [0.29, 0.717) is 18.4 Å². The monoisotopic (exact) mass is 301 g/mol. The summed E-state index contributed by atoms with van der Waals surface area (Å²) in [6.45, 7) is 13.0. The largest absolute Gasteiger partial charge is 0.396 e. The lowest BCUT2D eigenvalue weighted by Crippen LogP contribution is -2.41. The molecule has 0 aliphatic rings. The number of aliphatic imine (C=N–C) groups is 1. The van der Waals surface area contributed by atoms with Crippen LogP contribution in [-0.4, -0.2) is 50.0 Å². The average molecular weight is 301 g/mol. The van der Waals surface area contributed by atoms with Crippen LogP contribution >= 0.6 is 0 Å². The molecule has 5 nitrogen and oxygen atoms in total. The van der Waals surface area contributed by atoms with Crippen LogP contribution in [0.2, 0.25) is 0 Å². The maximum Gasteiger partial charge on any atom is 0.191 e. The van der Waals surface area contributed by atoms with Crippen molar-refractivity contribution in [3.8, 4) is 0 Å². The van der Waals surface area contributed by atoms with Gasteiger partial charge in [-0.25, -0.2) is 0 Å². The summed E-state index contributed by atoms with van der Waals surface area (Å²) in [6, 6.07) is 0. The molecule has 1 atom stereocenters. The molecule has 3 N–H and O–H groups in total. The van der Waals surface area contributed by atoms with E-state index in [4.69, 9.17) is 9.84 Å². The lowest BCUT2D eigenvalue weighted by Gasteiger charge is -2.23. The lowest BCUT2D eigenvalue weighted by molar-refractivity contribution is 0.0310. The van der Waals surface area contributed by atoms with Gasteiger partial charge >= 0.3 is 0 Å². The lowest BCUT2D eigenvalue weighted by atomic mass is 9.94. The smallest absolute Gasteiger partial charge is 0.191 e. The van der Waals surface area contributed by atoms with E-state index in [1.165, 1.54) is 0 Å². The van der Waals surface area contributed by atoms with Crippen molar-refractivity contribution in [2.45, 2.75) is 53.1 Å². The zero-order valence-corrected chi connectivity index (χ0v) is 14.7. The number of rotatable bonds is 10. The number of hydrogen-bond donors (Lipinski definition) is 3. The van der Waals surface area contributed by atoms with E-state index < -0.39 is 0 Å². The van der Waals surface area contributed by atoms with Gasteiger partial charge in [0.2, 0.25) is 0 Å². The number of guanidine groups is 1. The minimum absolute atomic E-state index is 0.240. The highest BCUT2D eigenvalue weighted by molar-refractivity contribution is 5.79. The van der Waals surface area contributed by atoms with Crippen LogP contribution in [0.1, 0.15) is 47.5 Å². The molecule has 5 heteroatoms. The van der Waals surface area contributed by atoms with Crippen molar-refractivity contribution in [1.82, 2.24) is 10.6 Å². The first-order chi connectivity index (χ1) is 9.84. The van der Waals surface area contributed by atoms with Crippen LogP contribution in [-0.2, 0) is 4.74 Å². The Hall–Kier alpha value is -0.810. The number of methoxy groups -OCH3 is 1. The minimum atomic E-state index is -0.259. The molecule has 0 fully saturated rings. The van der Waals surface area contributed by atoms with E-state index in [0.717, 1.165) is 31.9 Å². The summed E-state index contributed by atoms with van der Waals surface area (Å²) in [4.78, 5) is 4.57. The van der Waals surface area contributed by atoms with E-state index in [1.807, 2.05) is 13.8 Å². The minimum Gasteiger partial charge on any atom is -0.396 e. The first-order valence-electron chi connectivity index (χ1n) is 8.02. The second kappa shape index (κ2) is 10.9. The van der Waals surface area contributed by atoms with E-state index in [2.05, 4.69) is 36.4 Å². The van der Waals surface area contributed by atoms with E-state index in [9.17, 15) is 0 Å². The van der Waals surface area contributed by atoms with Crippen LogP contribution in [0.5, 0.6) is 0 Å². The van der Waals surface area contributed by atoms with Gasteiger partial charge in [-0.15, -0.1) is 0 Å². The predicted molar refractivity (Wildman–Crippen MR) is 89.7 cm³/mol. The van der Waals surface area contributed by atoms with Gasteiger partial charge in [-0.3, -0.25) is 4.99 Å². The molecular weight excluding hydrogens is 266 g/mol. The van der Waals surface area contributed by atoms with Gasteiger partial charge in [0.05, 0.1) is 12.1 Å². The molecule has 126 valence electrons. The molecule has 0 heterocycles. The summed E-state index contributed by atoms with van der Waals surface area (Å²) in [5.41, 5.74) is -0.259. The molecule has 0 saturated heterocycles. The third-order valence-electron chi connectivity index (χ3n) is 3.42. The summed E-state index contributed by atoms with van der Waals surface area (Å²) >= 11 is 0. The topological polar surface area (TPSA) is 65.9 Å². The van der Waals surface area contributed by atoms with Crippen molar-refractivity contribution in [2.24, 2.45) is 16.8 Å². The van der Waals surface area contributed by atoms with E-state index >= 15 is 0 Å². The van der Waals surface area contributed by atoms with Gasteiger partial charge in [-0.2, -0.15) is 0 Å². The van der Waals surface area contributed by atoms with Gasteiger partial charge in [0.15, 0.2) is 5.96 Å². The summed E-state index contributed by atoms with van der Waals surface area (Å²) in [5, 5.41) is 15.8. The van der Waals surface area contributed by atoms with Crippen LogP contribution in [0.4, 0.5) is 0 Å². The number of nitrogens with one attached hydrogen (secondary N) is 2. The Labute approximate surface area is 130 Å². The third kappa shape index (κ3) is 10.5. The molecule has 0 rings (SSSR count). The Morgan fingerprint density at radius 2 is 1.95 bits per heavy atom. The number of ether oxygens (including phenoxy) is 1. The van der Waals surface area contributed by atoms with Crippen LogP contribution < -0.4 is 10.6 Å². The highest BCUT2D eigenvalue weighted by atomic mass is 16.5. The molecular formula is C16H35N3O2. The second-order valence-electron chi connectivity index (χ2n) is 6.55. The normalized spacial score (nSPS) is 14.4. The van der Waals surface area contributed by atoms with Gasteiger partial charge < -0.3 is 20.5 Å². The summed E-state index contributed by atoms with van der Waals surface area (Å²) in [6.07, 6.45) is 1.94. The van der Waals surface area contributed by atoms with Crippen LogP contribution in [0.25, 0.3) is 0 Å². The first-order valence-corrected chi connectivity index (χ1v) is 8.02. The van der Waals surface area contributed by atoms with Crippen LogP contribution in [0.15, 0.2) is 4.99 Å². The molecule has 0 aliphatic carbocycles. The molecule has 0 aliphatic heterocycles. The van der Waals surface area contributed by atoms with Crippen molar-refractivity contribution in [2.75, 3.05) is 33.4 Å². The van der Waals surface area contributed by atoms with Crippen molar-refractivity contribution < 1.29 is 9.84 Å². The fourth-order valence-electron chi connectivity index (χ4n) is 2.07. The molecule has 0 aromatic carbocycles. The van der Waals surface area contributed by atoms with Crippen molar-refractivity contribution in [3.63, 3.8) is 0 Å². The molecule has 0 aromatic rings. The van der Waals surface area contributed by atoms with Gasteiger partial charge in [0.25, 0.3) is 0 Å². The Kier molecular flexibility index (Phi) is 10.4. The van der Waals surface area contributed by atoms with Crippen molar-refractivity contribution in [3.05, 3.63) is 0 Å². The summed E-state index contributed by atoms with van der Waals surface area (Å²) < 4.78 is 5.39. The number of aliphatic hydroxyl groups is 1. The second-order valence-corrected chi connectivity index (χ2v) is 6.55. The summed E-state index contributed by atoms with van der Waals surface area (Å²) in [5.74, 6) is 1.92. The zero-order valence-electron chi connectivity index (χ0n) is 14.7. The van der Waals surface area contributed by atoms with E-state index in [1.54, 1.807) is 7.11 Å². The fourth-order valence-corrected chi connectivity index (χ4v) is 2.07. The Morgan fingerprint density at radius 3 is 2.43 bits per heavy atom. The molecule has 0 bridgehead atoms. The molecule has 0 aromatic heterocycles. The van der Waals surface area contributed by atoms with Crippen molar-refractivity contribution >= 4 is 5.96 Å². The van der Waals surface area contributed by atoms with Crippen LogP contribution in [0, 0.1) is 11.8 Å². The number of hydrogen-bond acceptors (Lipinski definition) is 3. The maximum absolute atomic E-state index is 9.17. The molecule has 0 spiro atoms. The van der Waals surface area contributed by atoms with Crippen LogP contribution in [0.3, 0.4) is 0 Å².